The summed E-state index contributed by atoms with van der Waals surface area (Å²) in [6.45, 7) is 6.72. The molecule has 0 aliphatic carbocycles. The number of carbonyl (C=O) groups is 3. The van der Waals surface area contributed by atoms with Crippen LogP contribution in [0, 0.1) is 0 Å². The van der Waals surface area contributed by atoms with E-state index in [1.807, 2.05) is 0 Å². The maximum Gasteiger partial charge on any atom is 0.217 e. The summed E-state index contributed by atoms with van der Waals surface area (Å²) in [6.07, 6.45) is 36.3. The first-order chi connectivity index (χ1) is 20.3. The molecular weight excluding hydrogens is 558 g/mol. The minimum atomic E-state index is -0.159. The first-order valence-electron chi connectivity index (χ1n) is 18.2. The van der Waals surface area contributed by atoms with Gasteiger partial charge in [-0.05, 0) is 19.3 Å². The molecule has 0 saturated carbocycles. The molecule has 43 heavy (non-hydrogen) atoms. The van der Waals surface area contributed by atoms with Gasteiger partial charge < -0.3 is 17.2 Å². The Hall–Kier alpha value is -1.30. The normalized spacial score (nSPS) is 10.1. The summed E-state index contributed by atoms with van der Waals surface area (Å²) >= 11 is 0. The molecule has 6 nitrogen and oxygen atoms in total. The molecule has 0 atom stereocenters. The first-order valence-corrected chi connectivity index (χ1v) is 18.2. The first kappa shape index (κ1) is 48.6. The van der Waals surface area contributed by atoms with Crippen LogP contribution in [0.2, 0.25) is 0 Å². The van der Waals surface area contributed by atoms with E-state index < -0.39 is 0 Å². The van der Waals surface area contributed by atoms with Crippen LogP contribution in [0.1, 0.15) is 213 Å². The fourth-order valence-corrected chi connectivity index (χ4v) is 4.83. The molecule has 0 aromatic heterocycles. The lowest BCUT2D eigenvalue weighted by Crippen LogP contribution is -2.09. The van der Waals surface area contributed by atoms with Crippen molar-refractivity contribution in [2.45, 2.75) is 213 Å². The molecule has 260 valence electrons. The lowest BCUT2D eigenvalue weighted by molar-refractivity contribution is -0.119. The molecule has 0 rings (SSSR count). The predicted octanol–water partition coefficient (Wildman–Crippen LogP) is 10.6. The monoisotopic (exact) mass is 634 g/mol. The van der Waals surface area contributed by atoms with Crippen molar-refractivity contribution in [3.63, 3.8) is 0 Å². The van der Waals surface area contributed by atoms with E-state index >= 15 is 0 Å². The highest BCUT2D eigenvalue weighted by Crippen LogP contribution is 2.12. The average Bonchev–Trinajstić information content (AvgIpc) is 2.95. The van der Waals surface area contributed by atoms with E-state index in [1.54, 1.807) is 0 Å². The van der Waals surface area contributed by atoms with Gasteiger partial charge in [0.05, 0.1) is 0 Å². The number of amides is 3. The quantitative estimate of drug-likeness (QED) is 0.0680. The van der Waals surface area contributed by atoms with Crippen LogP contribution in [0.4, 0.5) is 0 Å². The van der Waals surface area contributed by atoms with E-state index in [0.29, 0.717) is 19.3 Å². The minimum absolute atomic E-state index is 0. The Kier molecular flexibility index (Phi) is 51.0. The molecular formula is C36H76ClN3O3. The van der Waals surface area contributed by atoms with Crippen molar-refractivity contribution >= 4 is 30.1 Å². The summed E-state index contributed by atoms with van der Waals surface area (Å²) in [5, 5.41) is 0. The lowest BCUT2D eigenvalue weighted by atomic mass is 10.1. The van der Waals surface area contributed by atoms with Gasteiger partial charge in [-0.15, -0.1) is 12.4 Å². The molecule has 0 spiro atoms. The number of primary amides is 3. The molecule has 7 heteroatoms. The third-order valence-corrected chi connectivity index (χ3v) is 7.58. The van der Waals surface area contributed by atoms with Crippen LogP contribution in [-0.4, -0.2) is 17.7 Å². The Bertz CT molecular complexity index is 486. The highest BCUT2D eigenvalue weighted by Gasteiger charge is 1.97. The molecule has 0 aliphatic heterocycles. The molecule has 0 bridgehead atoms. The van der Waals surface area contributed by atoms with Crippen LogP contribution in [0.5, 0.6) is 0 Å². The van der Waals surface area contributed by atoms with Gasteiger partial charge in [-0.2, -0.15) is 0 Å². The van der Waals surface area contributed by atoms with Crippen molar-refractivity contribution in [3.8, 4) is 0 Å². The Balaban J connectivity index is -0.000000262. The predicted molar refractivity (Wildman–Crippen MR) is 190 cm³/mol. The molecule has 0 aromatic rings. The second-order valence-electron chi connectivity index (χ2n) is 12.1. The molecule has 6 N–H and O–H groups in total. The Morgan fingerprint density at radius 2 is 0.442 bits per heavy atom. The second kappa shape index (κ2) is 45.1. The van der Waals surface area contributed by atoms with Gasteiger partial charge in [0.25, 0.3) is 0 Å². The van der Waals surface area contributed by atoms with Gasteiger partial charge in [-0.3, -0.25) is 14.4 Å². The largest absolute Gasteiger partial charge is 0.370 e. The van der Waals surface area contributed by atoms with Crippen molar-refractivity contribution in [1.29, 1.82) is 0 Å². The van der Waals surface area contributed by atoms with Gasteiger partial charge in [0.15, 0.2) is 0 Å². The maximum absolute atomic E-state index is 10.4. The summed E-state index contributed by atoms with van der Waals surface area (Å²) in [4.78, 5) is 31.3. The van der Waals surface area contributed by atoms with E-state index in [2.05, 4.69) is 20.8 Å². The highest BCUT2D eigenvalue weighted by atomic mass is 35.5. The average molecular weight is 634 g/mol. The molecule has 0 aliphatic rings. The van der Waals surface area contributed by atoms with Gasteiger partial charge >= 0.3 is 0 Å². The standard InChI is InChI=1S/3C12H25NO.ClH/c3*1-2-3-4-5-6-7-8-9-10-11-12(13)14;/h3*2-11H2,1H3,(H2,13,14);1H. The van der Waals surface area contributed by atoms with Crippen molar-refractivity contribution < 1.29 is 14.4 Å². The molecule has 0 radical (unpaired) electrons. The highest BCUT2D eigenvalue weighted by molar-refractivity contribution is 5.85. The summed E-state index contributed by atoms with van der Waals surface area (Å²) in [5.41, 5.74) is 15.1. The van der Waals surface area contributed by atoms with Gasteiger partial charge in [-0.1, -0.05) is 175 Å². The third-order valence-electron chi connectivity index (χ3n) is 7.58. The zero-order chi connectivity index (χ0) is 31.9. The Morgan fingerprint density at radius 3 is 0.581 bits per heavy atom. The molecule has 0 heterocycles. The smallest absolute Gasteiger partial charge is 0.217 e. The maximum atomic E-state index is 10.4. The Labute approximate surface area is 274 Å². The van der Waals surface area contributed by atoms with E-state index in [1.165, 1.54) is 135 Å². The van der Waals surface area contributed by atoms with Crippen molar-refractivity contribution in [2.24, 2.45) is 17.2 Å². The van der Waals surface area contributed by atoms with Crippen LogP contribution in [0.15, 0.2) is 0 Å². The van der Waals surface area contributed by atoms with Gasteiger partial charge in [0.1, 0.15) is 0 Å². The lowest BCUT2D eigenvalue weighted by Gasteiger charge is -2.00. The Morgan fingerprint density at radius 1 is 0.302 bits per heavy atom. The zero-order valence-electron chi connectivity index (χ0n) is 29.1. The molecule has 0 aromatic carbocycles. The van der Waals surface area contributed by atoms with Crippen molar-refractivity contribution in [3.05, 3.63) is 0 Å². The number of hydrogen-bond donors (Lipinski definition) is 3. The molecule has 3 amide bonds. The summed E-state index contributed by atoms with van der Waals surface area (Å²) in [7, 11) is 0. The van der Waals surface area contributed by atoms with E-state index in [0.717, 1.165) is 38.5 Å². The summed E-state index contributed by atoms with van der Waals surface area (Å²) in [5.74, 6) is -0.478. The van der Waals surface area contributed by atoms with Crippen LogP contribution < -0.4 is 17.2 Å². The fourth-order valence-electron chi connectivity index (χ4n) is 4.83. The van der Waals surface area contributed by atoms with Crippen LogP contribution in [-0.2, 0) is 14.4 Å². The molecule has 0 unspecified atom stereocenters. The van der Waals surface area contributed by atoms with Crippen molar-refractivity contribution in [2.75, 3.05) is 0 Å². The minimum Gasteiger partial charge on any atom is -0.370 e. The summed E-state index contributed by atoms with van der Waals surface area (Å²) < 4.78 is 0. The van der Waals surface area contributed by atoms with Crippen LogP contribution >= 0.6 is 12.4 Å². The zero-order valence-corrected chi connectivity index (χ0v) is 29.9. The van der Waals surface area contributed by atoms with Crippen LogP contribution in [0.25, 0.3) is 0 Å². The number of unbranched alkanes of at least 4 members (excludes halogenated alkanes) is 24. The van der Waals surface area contributed by atoms with E-state index in [9.17, 15) is 14.4 Å². The number of carbonyl (C=O) groups excluding carboxylic acids is 3. The van der Waals surface area contributed by atoms with Gasteiger partial charge in [-0.25, -0.2) is 0 Å². The second-order valence-corrected chi connectivity index (χ2v) is 12.1. The number of halogens is 1. The number of nitrogens with two attached hydrogens (primary N) is 3. The van der Waals surface area contributed by atoms with Crippen molar-refractivity contribution in [1.82, 2.24) is 0 Å². The van der Waals surface area contributed by atoms with E-state index in [-0.39, 0.29) is 30.1 Å². The number of rotatable bonds is 30. The van der Waals surface area contributed by atoms with Gasteiger partial charge in [0.2, 0.25) is 17.7 Å². The van der Waals surface area contributed by atoms with Gasteiger partial charge in [0, 0.05) is 19.3 Å². The molecule has 0 fully saturated rings. The third kappa shape index (κ3) is 60.7. The summed E-state index contributed by atoms with van der Waals surface area (Å²) in [6, 6.07) is 0. The number of hydrogen-bond acceptors (Lipinski definition) is 3. The SMILES string of the molecule is CCCCCCCCCCCC(N)=O.CCCCCCCCCCCC(N)=O.CCCCCCCCCCCC(N)=O.Cl. The van der Waals surface area contributed by atoms with Crippen LogP contribution in [0.3, 0.4) is 0 Å². The topological polar surface area (TPSA) is 129 Å². The van der Waals surface area contributed by atoms with E-state index in [4.69, 9.17) is 17.2 Å². The fraction of sp³-hybridized carbons (Fsp3) is 0.917. The molecule has 0 saturated heterocycles.